The van der Waals surface area contributed by atoms with Gasteiger partial charge in [0.15, 0.2) is 0 Å². The van der Waals surface area contributed by atoms with Crippen molar-refractivity contribution in [2.45, 2.75) is 18.9 Å². The molecule has 0 saturated carbocycles. The van der Waals surface area contributed by atoms with Crippen molar-refractivity contribution in [3.63, 3.8) is 0 Å². The molecule has 4 nitrogen and oxygen atoms in total. The summed E-state index contributed by atoms with van der Waals surface area (Å²) < 4.78 is 0. The molecule has 2 heterocycles. The molecule has 1 aliphatic heterocycles. The number of hydrogen-bond donors (Lipinski definition) is 2. The van der Waals surface area contributed by atoms with Crippen LogP contribution in [0.4, 0.5) is 5.82 Å². The summed E-state index contributed by atoms with van der Waals surface area (Å²) >= 11 is 0. The number of anilines is 1. The maximum absolute atomic E-state index is 8.88. The molecule has 19 heavy (non-hydrogen) atoms. The Hall–Kier alpha value is -2.12. The zero-order chi connectivity index (χ0) is 13.1. The highest BCUT2D eigenvalue weighted by Crippen LogP contribution is 2.18. The van der Waals surface area contributed by atoms with E-state index in [1.54, 1.807) is 0 Å². The lowest BCUT2D eigenvalue weighted by Gasteiger charge is -2.24. The standard InChI is InChI=1S/C15H16N4/c16-10-11-1-3-14-12(9-11)2-4-15(19-14)18-13-5-7-17-8-6-13/h1-4,9,13,17H,5-8H2,(H,18,19). The third kappa shape index (κ3) is 2.67. The Bertz CT molecular complexity index is 624. The number of aromatic nitrogens is 1. The molecule has 0 atom stereocenters. The number of pyridine rings is 1. The summed E-state index contributed by atoms with van der Waals surface area (Å²) in [7, 11) is 0. The van der Waals surface area contributed by atoms with Crippen LogP contribution in [0.25, 0.3) is 10.9 Å². The molecule has 3 rings (SSSR count). The molecule has 1 saturated heterocycles. The minimum atomic E-state index is 0.504. The molecule has 1 fully saturated rings. The van der Waals surface area contributed by atoms with Gasteiger partial charge in [0.2, 0.25) is 0 Å². The highest BCUT2D eigenvalue weighted by Gasteiger charge is 2.12. The summed E-state index contributed by atoms with van der Waals surface area (Å²) in [6, 6.07) is 12.3. The van der Waals surface area contributed by atoms with Gasteiger partial charge in [-0.15, -0.1) is 0 Å². The van der Waals surface area contributed by atoms with E-state index in [1.807, 2.05) is 30.3 Å². The normalized spacial score (nSPS) is 16.2. The Labute approximate surface area is 112 Å². The van der Waals surface area contributed by atoms with E-state index < -0.39 is 0 Å². The van der Waals surface area contributed by atoms with Crippen LogP contribution in [0, 0.1) is 11.3 Å². The Morgan fingerprint density at radius 2 is 2.05 bits per heavy atom. The van der Waals surface area contributed by atoms with Crippen molar-refractivity contribution in [2.75, 3.05) is 18.4 Å². The molecule has 2 aromatic rings. The van der Waals surface area contributed by atoms with Crippen LogP contribution in [-0.2, 0) is 0 Å². The number of benzene rings is 1. The second-order valence-electron chi connectivity index (χ2n) is 4.88. The molecule has 96 valence electrons. The summed E-state index contributed by atoms with van der Waals surface area (Å²) in [4.78, 5) is 4.60. The quantitative estimate of drug-likeness (QED) is 0.860. The molecule has 0 spiro atoms. The lowest BCUT2D eigenvalue weighted by atomic mass is 10.1. The SMILES string of the molecule is N#Cc1ccc2nc(NC3CCNCC3)ccc2c1. The van der Waals surface area contributed by atoms with Gasteiger partial charge in [0.1, 0.15) is 5.82 Å². The Kier molecular flexibility index (Phi) is 3.30. The average molecular weight is 252 g/mol. The van der Waals surface area contributed by atoms with Gasteiger partial charge in [-0.1, -0.05) is 0 Å². The Morgan fingerprint density at radius 1 is 1.21 bits per heavy atom. The maximum Gasteiger partial charge on any atom is 0.126 e. The van der Waals surface area contributed by atoms with E-state index in [-0.39, 0.29) is 0 Å². The van der Waals surface area contributed by atoms with Crippen LogP contribution in [-0.4, -0.2) is 24.1 Å². The smallest absolute Gasteiger partial charge is 0.126 e. The summed E-state index contributed by atoms with van der Waals surface area (Å²) in [5, 5.41) is 16.7. The molecule has 1 aromatic heterocycles. The predicted molar refractivity (Wildman–Crippen MR) is 76.0 cm³/mol. The van der Waals surface area contributed by atoms with E-state index in [0.717, 1.165) is 42.7 Å². The van der Waals surface area contributed by atoms with Crippen LogP contribution >= 0.6 is 0 Å². The fourth-order valence-corrected chi connectivity index (χ4v) is 2.45. The fourth-order valence-electron chi connectivity index (χ4n) is 2.45. The average Bonchev–Trinajstić information content (AvgIpc) is 2.48. The number of piperidine rings is 1. The van der Waals surface area contributed by atoms with E-state index in [2.05, 4.69) is 21.7 Å². The molecule has 1 aromatic carbocycles. The van der Waals surface area contributed by atoms with Gasteiger partial charge in [0, 0.05) is 11.4 Å². The number of nitriles is 1. The van der Waals surface area contributed by atoms with Gasteiger partial charge in [0.05, 0.1) is 17.1 Å². The van der Waals surface area contributed by atoms with Crippen LogP contribution in [0.3, 0.4) is 0 Å². The van der Waals surface area contributed by atoms with Gasteiger partial charge in [-0.3, -0.25) is 0 Å². The third-order valence-corrected chi connectivity index (χ3v) is 3.51. The first-order valence-corrected chi connectivity index (χ1v) is 6.63. The number of hydrogen-bond acceptors (Lipinski definition) is 4. The molecule has 0 aliphatic carbocycles. The molecular formula is C15H16N4. The van der Waals surface area contributed by atoms with Gasteiger partial charge in [0.25, 0.3) is 0 Å². The van der Waals surface area contributed by atoms with Gasteiger partial charge < -0.3 is 10.6 Å². The fraction of sp³-hybridized carbons (Fsp3) is 0.333. The topological polar surface area (TPSA) is 60.7 Å². The van der Waals surface area contributed by atoms with Crippen LogP contribution in [0.5, 0.6) is 0 Å². The first-order chi connectivity index (χ1) is 9.35. The largest absolute Gasteiger partial charge is 0.367 e. The second kappa shape index (κ2) is 5.25. The lowest BCUT2D eigenvalue weighted by Crippen LogP contribution is -2.35. The van der Waals surface area contributed by atoms with Gasteiger partial charge >= 0.3 is 0 Å². The van der Waals surface area contributed by atoms with E-state index in [1.165, 1.54) is 0 Å². The van der Waals surface area contributed by atoms with Crippen LogP contribution in [0.15, 0.2) is 30.3 Å². The molecule has 4 heteroatoms. The van der Waals surface area contributed by atoms with Gasteiger partial charge in [-0.2, -0.15) is 5.26 Å². The first-order valence-electron chi connectivity index (χ1n) is 6.63. The van der Waals surface area contributed by atoms with E-state index in [4.69, 9.17) is 5.26 Å². The summed E-state index contributed by atoms with van der Waals surface area (Å²) in [5.74, 6) is 0.920. The summed E-state index contributed by atoms with van der Waals surface area (Å²) in [6.45, 7) is 2.13. The maximum atomic E-state index is 8.88. The molecule has 2 N–H and O–H groups in total. The van der Waals surface area contributed by atoms with Gasteiger partial charge in [-0.25, -0.2) is 4.98 Å². The molecule has 1 aliphatic rings. The van der Waals surface area contributed by atoms with E-state index in [0.29, 0.717) is 11.6 Å². The van der Waals surface area contributed by atoms with Crippen molar-refractivity contribution in [3.05, 3.63) is 35.9 Å². The van der Waals surface area contributed by atoms with Crippen LogP contribution in [0.1, 0.15) is 18.4 Å². The molecular weight excluding hydrogens is 236 g/mol. The zero-order valence-corrected chi connectivity index (χ0v) is 10.7. The highest BCUT2D eigenvalue weighted by atomic mass is 15.0. The minimum Gasteiger partial charge on any atom is -0.367 e. The minimum absolute atomic E-state index is 0.504. The number of nitrogens with zero attached hydrogens (tertiary/aromatic N) is 2. The molecule has 0 unspecified atom stereocenters. The molecule has 0 bridgehead atoms. The van der Waals surface area contributed by atoms with E-state index >= 15 is 0 Å². The van der Waals surface area contributed by atoms with Crippen molar-refractivity contribution in [1.29, 1.82) is 5.26 Å². The predicted octanol–water partition coefficient (Wildman–Crippen LogP) is 2.27. The van der Waals surface area contributed by atoms with Gasteiger partial charge in [-0.05, 0) is 56.3 Å². The number of rotatable bonds is 2. The van der Waals surface area contributed by atoms with Crippen molar-refractivity contribution >= 4 is 16.7 Å². The second-order valence-corrected chi connectivity index (χ2v) is 4.88. The Balaban J connectivity index is 1.83. The van der Waals surface area contributed by atoms with Crippen molar-refractivity contribution in [2.24, 2.45) is 0 Å². The van der Waals surface area contributed by atoms with Crippen molar-refractivity contribution < 1.29 is 0 Å². The van der Waals surface area contributed by atoms with Crippen LogP contribution < -0.4 is 10.6 Å². The van der Waals surface area contributed by atoms with Crippen molar-refractivity contribution in [1.82, 2.24) is 10.3 Å². The first kappa shape index (κ1) is 11.9. The molecule has 0 radical (unpaired) electrons. The van der Waals surface area contributed by atoms with Crippen molar-refractivity contribution in [3.8, 4) is 6.07 Å². The zero-order valence-electron chi connectivity index (χ0n) is 10.7. The summed E-state index contributed by atoms with van der Waals surface area (Å²) in [6.07, 6.45) is 2.26. The van der Waals surface area contributed by atoms with E-state index in [9.17, 15) is 0 Å². The highest BCUT2D eigenvalue weighted by molar-refractivity contribution is 5.81. The third-order valence-electron chi connectivity index (χ3n) is 3.51. The number of nitrogens with one attached hydrogen (secondary N) is 2. The molecule has 0 amide bonds. The summed E-state index contributed by atoms with van der Waals surface area (Å²) in [5.41, 5.74) is 1.60. The monoisotopic (exact) mass is 252 g/mol. The lowest BCUT2D eigenvalue weighted by molar-refractivity contribution is 0.478. The number of fused-ring (bicyclic) bond motifs is 1. The Morgan fingerprint density at radius 3 is 2.84 bits per heavy atom. The van der Waals surface area contributed by atoms with Crippen LogP contribution in [0.2, 0.25) is 0 Å².